The highest BCUT2D eigenvalue weighted by Gasteiger charge is 2.22. The van der Waals surface area contributed by atoms with E-state index in [9.17, 15) is 0 Å². The second kappa shape index (κ2) is 6.60. The van der Waals surface area contributed by atoms with Gasteiger partial charge in [0.2, 0.25) is 5.88 Å². The van der Waals surface area contributed by atoms with Gasteiger partial charge in [-0.1, -0.05) is 20.8 Å². The van der Waals surface area contributed by atoms with Crippen molar-refractivity contribution in [3.63, 3.8) is 0 Å². The van der Waals surface area contributed by atoms with Crippen molar-refractivity contribution < 1.29 is 4.74 Å². The molecule has 1 aromatic rings. The molecule has 118 valence electrons. The van der Waals surface area contributed by atoms with Crippen molar-refractivity contribution in [1.82, 2.24) is 14.9 Å². The van der Waals surface area contributed by atoms with Crippen molar-refractivity contribution in [3.8, 4) is 5.88 Å². The molecule has 5 heteroatoms. The van der Waals surface area contributed by atoms with Gasteiger partial charge in [-0.3, -0.25) is 0 Å². The summed E-state index contributed by atoms with van der Waals surface area (Å²) >= 11 is 0. The molecule has 1 aliphatic rings. The van der Waals surface area contributed by atoms with Crippen LogP contribution in [0.5, 0.6) is 5.88 Å². The van der Waals surface area contributed by atoms with E-state index in [1.807, 2.05) is 6.07 Å². The molecule has 1 saturated heterocycles. The van der Waals surface area contributed by atoms with Crippen LogP contribution in [0, 0.1) is 0 Å². The Hall–Kier alpha value is -1.36. The predicted molar refractivity (Wildman–Crippen MR) is 86.0 cm³/mol. The highest BCUT2D eigenvalue weighted by atomic mass is 16.5. The Kier molecular flexibility index (Phi) is 5.04. The number of nitrogens with one attached hydrogen (secondary N) is 1. The van der Waals surface area contributed by atoms with Crippen molar-refractivity contribution in [1.29, 1.82) is 0 Å². The minimum Gasteiger partial charge on any atom is -0.474 e. The van der Waals surface area contributed by atoms with E-state index in [-0.39, 0.29) is 11.5 Å². The zero-order chi connectivity index (χ0) is 15.5. The molecule has 1 aliphatic heterocycles. The van der Waals surface area contributed by atoms with E-state index in [0.717, 1.165) is 44.1 Å². The number of rotatable bonds is 4. The molecule has 1 fully saturated rings. The van der Waals surface area contributed by atoms with Crippen LogP contribution < -0.4 is 10.1 Å². The van der Waals surface area contributed by atoms with Gasteiger partial charge in [-0.15, -0.1) is 0 Å². The van der Waals surface area contributed by atoms with Gasteiger partial charge in [-0.25, -0.2) is 4.98 Å². The van der Waals surface area contributed by atoms with Gasteiger partial charge in [0, 0.05) is 31.1 Å². The second-order valence-electron chi connectivity index (χ2n) is 6.82. The Morgan fingerprint density at radius 1 is 1.29 bits per heavy atom. The molecular formula is C16H28N4O. The maximum absolute atomic E-state index is 6.11. The quantitative estimate of drug-likeness (QED) is 0.924. The van der Waals surface area contributed by atoms with Crippen LogP contribution in [0.2, 0.25) is 0 Å². The van der Waals surface area contributed by atoms with Gasteiger partial charge < -0.3 is 15.0 Å². The summed E-state index contributed by atoms with van der Waals surface area (Å²) in [5.74, 6) is 2.37. The zero-order valence-electron chi connectivity index (χ0n) is 13.9. The number of aromatic nitrogens is 2. The van der Waals surface area contributed by atoms with Crippen LogP contribution in [0.1, 0.15) is 46.4 Å². The van der Waals surface area contributed by atoms with Crippen molar-refractivity contribution in [2.24, 2.45) is 0 Å². The number of nitrogens with zero attached hydrogens (tertiary/aromatic N) is 3. The first-order valence-electron chi connectivity index (χ1n) is 7.87. The predicted octanol–water partition coefficient (Wildman–Crippen LogP) is 2.68. The van der Waals surface area contributed by atoms with Gasteiger partial charge in [0.15, 0.2) is 0 Å². The molecule has 0 unspecified atom stereocenters. The maximum atomic E-state index is 6.11. The Bertz CT molecular complexity index is 462. The third kappa shape index (κ3) is 4.56. The largest absolute Gasteiger partial charge is 0.474 e. The topological polar surface area (TPSA) is 50.3 Å². The Morgan fingerprint density at radius 3 is 2.52 bits per heavy atom. The van der Waals surface area contributed by atoms with E-state index in [4.69, 9.17) is 4.74 Å². The van der Waals surface area contributed by atoms with Crippen LogP contribution in [0.3, 0.4) is 0 Å². The van der Waals surface area contributed by atoms with Crippen LogP contribution in [-0.4, -0.2) is 47.7 Å². The lowest BCUT2D eigenvalue weighted by Gasteiger charge is -2.29. The minimum atomic E-state index is -0.0870. The Morgan fingerprint density at radius 2 is 1.95 bits per heavy atom. The fraction of sp³-hybridized carbons (Fsp3) is 0.750. The summed E-state index contributed by atoms with van der Waals surface area (Å²) < 4.78 is 6.11. The Balaban J connectivity index is 2.15. The molecule has 1 N–H and O–H groups in total. The van der Waals surface area contributed by atoms with E-state index in [1.165, 1.54) is 0 Å². The first kappa shape index (κ1) is 16.0. The molecule has 0 atom stereocenters. The van der Waals surface area contributed by atoms with Gasteiger partial charge in [0.05, 0.1) is 0 Å². The molecule has 2 heterocycles. The van der Waals surface area contributed by atoms with E-state index < -0.39 is 0 Å². The number of ether oxygens (including phenoxy) is 1. The first-order chi connectivity index (χ1) is 9.88. The molecule has 5 nitrogen and oxygen atoms in total. The standard InChI is InChI=1S/C16H28N4O/c1-6-17-13-11-14(19-15(18-13)16(2,3)4)21-12-7-9-20(5)10-8-12/h11-12H,6-10H2,1-5H3,(H,17,18,19). The van der Waals surface area contributed by atoms with Gasteiger partial charge >= 0.3 is 0 Å². The Labute approximate surface area is 128 Å². The van der Waals surface area contributed by atoms with E-state index in [1.54, 1.807) is 0 Å². The third-order valence-electron chi connectivity index (χ3n) is 3.68. The lowest BCUT2D eigenvalue weighted by Crippen LogP contribution is -2.36. The van der Waals surface area contributed by atoms with Crippen LogP contribution in [0.25, 0.3) is 0 Å². The van der Waals surface area contributed by atoms with E-state index >= 15 is 0 Å². The lowest BCUT2D eigenvalue weighted by molar-refractivity contribution is 0.109. The van der Waals surface area contributed by atoms with E-state index in [2.05, 4.69) is 54.9 Å². The molecule has 0 radical (unpaired) electrons. The van der Waals surface area contributed by atoms with Gasteiger partial charge in [-0.05, 0) is 26.8 Å². The fourth-order valence-electron chi connectivity index (χ4n) is 2.37. The molecule has 0 spiro atoms. The van der Waals surface area contributed by atoms with Crippen molar-refractivity contribution in [3.05, 3.63) is 11.9 Å². The summed E-state index contributed by atoms with van der Waals surface area (Å²) in [6.07, 6.45) is 2.38. The van der Waals surface area contributed by atoms with Crippen LogP contribution >= 0.6 is 0 Å². The first-order valence-corrected chi connectivity index (χ1v) is 7.87. The summed E-state index contributed by atoms with van der Waals surface area (Å²) in [6.45, 7) is 11.4. The van der Waals surface area contributed by atoms with E-state index in [0.29, 0.717) is 5.88 Å². The SMILES string of the molecule is CCNc1cc(OC2CCN(C)CC2)nc(C(C)(C)C)n1. The number of likely N-dealkylation sites (tertiary alicyclic amines) is 1. The van der Waals surface area contributed by atoms with Crippen molar-refractivity contribution in [2.75, 3.05) is 32.0 Å². The summed E-state index contributed by atoms with van der Waals surface area (Å²) in [4.78, 5) is 11.5. The number of hydrogen-bond acceptors (Lipinski definition) is 5. The highest BCUT2D eigenvalue weighted by molar-refractivity contribution is 5.39. The van der Waals surface area contributed by atoms with Gasteiger partial charge in [-0.2, -0.15) is 4.98 Å². The van der Waals surface area contributed by atoms with Crippen LogP contribution in [0.4, 0.5) is 5.82 Å². The van der Waals surface area contributed by atoms with Crippen molar-refractivity contribution in [2.45, 2.75) is 52.1 Å². The number of piperidine rings is 1. The minimum absolute atomic E-state index is 0.0870. The maximum Gasteiger partial charge on any atom is 0.219 e. The summed E-state index contributed by atoms with van der Waals surface area (Å²) in [5.41, 5.74) is -0.0870. The molecule has 0 amide bonds. The molecule has 0 aliphatic carbocycles. The third-order valence-corrected chi connectivity index (χ3v) is 3.68. The molecule has 0 aromatic carbocycles. The number of anilines is 1. The zero-order valence-corrected chi connectivity index (χ0v) is 13.9. The second-order valence-corrected chi connectivity index (χ2v) is 6.82. The summed E-state index contributed by atoms with van der Waals surface area (Å²) in [7, 11) is 2.15. The van der Waals surface area contributed by atoms with Gasteiger partial charge in [0.1, 0.15) is 17.7 Å². The molecule has 0 bridgehead atoms. The molecular weight excluding hydrogens is 264 g/mol. The fourth-order valence-corrected chi connectivity index (χ4v) is 2.37. The molecule has 1 aromatic heterocycles. The lowest BCUT2D eigenvalue weighted by atomic mass is 9.96. The normalized spacial score (nSPS) is 17.8. The smallest absolute Gasteiger partial charge is 0.219 e. The molecule has 21 heavy (non-hydrogen) atoms. The molecule has 2 rings (SSSR count). The molecule has 0 saturated carbocycles. The number of hydrogen-bond donors (Lipinski definition) is 1. The average Bonchev–Trinajstić information content (AvgIpc) is 2.41. The van der Waals surface area contributed by atoms with Crippen LogP contribution in [0.15, 0.2) is 6.07 Å². The van der Waals surface area contributed by atoms with Crippen molar-refractivity contribution >= 4 is 5.82 Å². The highest BCUT2D eigenvalue weighted by Crippen LogP contribution is 2.25. The monoisotopic (exact) mass is 292 g/mol. The summed E-state index contributed by atoms with van der Waals surface area (Å²) in [6, 6.07) is 1.91. The summed E-state index contributed by atoms with van der Waals surface area (Å²) in [5, 5.41) is 3.27. The van der Waals surface area contributed by atoms with Crippen LogP contribution in [-0.2, 0) is 5.41 Å². The average molecular weight is 292 g/mol. The van der Waals surface area contributed by atoms with Gasteiger partial charge in [0.25, 0.3) is 0 Å².